The predicted octanol–water partition coefficient (Wildman–Crippen LogP) is 3.23. The van der Waals surface area contributed by atoms with Gasteiger partial charge in [0.25, 0.3) is 0 Å². The Hall–Kier alpha value is -2.08. The van der Waals surface area contributed by atoms with E-state index >= 15 is 0 Å². The molecule has 1 saturated heterocycles. The molecule has 6 nitrogen and oxygen atoms in total. The quantitative estimate of drug-likeness (QED) is 0.810. The summed E-state index contributed by atoms with van der Waals surface area (Å²) in [7, 11) is 1.61. The van der Waals surface area contributed by atoms with Gasteiger partial charge in [0.05, 0.1) is 12.1 Å². The third kappa shape index (κ3) is 5.71. The van der Waals surface area contributed by atoms with E-state index < -0.39 is 23.8 Å². The van der Waals surface area contributed by atoms with Crippen molar-refractivity contribution in [3.8, 4) is 0 Å². The number of nitrogens with zero attached hydrogens (tertiary/aromatic N) is 2. The second kappa shape index (κ2) is 9.41. The maximum atomic E-state index is 13.5. The van der Waals surface area contributed by atoms with Crippen molar-refractivity contribution < 1.29 is 19.4 Å². The number of hydrogen-bond donors (Lipinski definition) is 1. The Morgan fingerprint density at radius 3 is 2.50 bits per heavy atom. The number of ether oxygens (including phenoxy) is 1. The summed E-state index contributed by atoms with van der Waals surface area (Å²) >= 11 is 0. The molecule has 1 N–H and O–H groups in total. The number of likely N-dealkylation sites (tertiary alicyclic amines) is 1. The zero-order valence-corrected chi connectivity index (χ0v) is 17.7. The Kier molecular flexibility index (Phi) is 7.47. The van der Waals surface area contributed by atoms with Crippen LogP contribution in [0.5, 0.6) is 0 Å². The molecular weight excluding hydrogens is 356 g/mol. The van der Waals surface area contributed by atoms with Crippen molar-refractivity contribution in [1.29, 1.82) is 0 Å². The number of likely N-dealkylation sites (N-methyl/N-ethyl adjacent to an activating group) is 1. The monoisotopic (exact) mass is 390 g/mol. The van der Waals surface area contributed by atoms with E-state index in [2.05, 4.69) is 0 Å². The number of rotatable bonds is 6. The maximum absolute atomic E-state index is 13.5. The van der Waals surface area contributed by atoms with Crippen LogP contribution in [0.25, 0.3) is 0 Å². The van der Waals surface area contributed by atoms with Gasteiger partial charge in [0, 0.05) is 20.0 Å². The molecule has 28 heavy (non-hydrogen) atoms. The van der Waals surface area contributed by atoms with E-state index in [9.17, 15) is 14.7 Å². The Bertz CT molecular complexity index is 656. The van der Waals surface area contributed by atoms with E-state index in [0.717, 1.165) is 18.4 Å². The Morgan fingerprint density at radius 1 is 1.29 bits per heavy atom. The number of amides is 2. The standard InChI is InChI=1S/C22H34N2O4/c1-6-19(25)17-13-10-14-24(17)20(26)18(15-16-11-8-7-9-12-16)23(5)21(27)28-22(2,3)4/h7-9,11-12,17-19,25H,6,10,13-15H2,1-5H3/t17-,18-,19?/m0/s1. The van der Waals surface area contributed by atoms with Gasteiger partial charge in [-0.1, -0.05) is 37.3 Å². The van der Waals surface area contributed by atoms with Crippen LogP contribution < -0.4 is 0 Å². The number of aliphatic hydroxyl groups excluding tert-OH is 1. The molecule has 2 amide bonds. The fraction of sp³-hybridized carbons (Fsp3) is 0.636. The van der Waals surface area contributed by atoms with Gasteiger partial charge in [0.15, 0.2) is 0 Å². The van der Waals surface area contributed by atoms with Crippen LogP contribution in [-0.4, -0.2) is 64.3 Å². The molecule has 1 heterocycles. The average molecular weight is 391 g/mol. The summed E-state index contributed by atoms with van der Waals surface area (Å²) in [6.45, 7) is 7.94. The largest absolute Gasteiger partial charge is 0.444 e. The average Bonchev–Trinajstić information content (AvgIpc) is 3.13. The third-order valence-corrected chi connectivity index (χ3v) is 5.15. The number of carbonyl (C=O) groups excluding carboxylic acids is 2. The van der Waals surface area contributed by atoms with Crippen LogP contribution in [0, 0.1) is 0 Å². The molecule has 3 atom stereocenters. The molecule has 0 saturated carbocycles. The lowest BCUT2D eigenvalue weighted by atomic mass is 10.0. The highest BCUT2D eigenvalue weighted by Gasteiger charge is 2.39. The molecule has 0 bridgehead atoms. The molecule has 0 spiro atoms. The fourth-order valence-electron chi connectivity index (χ4n) is 3.62. The van der Waals surface area contributed by atoms with Gasteiger partial charge >= 0.3 is 6.09 Å². The van der Waals surface area contributed by atoms with Crippen LogP contribution >= 0.6 is 0 Å². The van der Waals surface area contributed by atoms with E-state index in [1.807, 2.05) is 37.3 Å². The number of benzene rings is 1. The zero-order valence-electron chi connectivity index (χ0n) is 17.7. The number of hydrogen-bond acceptors (Lipinski definition) is 4. The first-order valence-corrected chi connectivity index (χ1v) is 10.1. The lowest BCUT2D eigenvalue weighted by Gasteiger charge is -2.35. The van der Waals surface area contributed by atoms with Crippen LogP contribution in [0.2, 0.25) is 0 Å². The first-order valence-electron chi connectivity index (χ1n) is 10.1. The van der Waals surface area contributed by atoms with Crippen molar-refractivity contribution in [3.05, 3.63) is 35.9 Å². The van der Waals surface area contributed by atoms with Crippen molar-refractivity contribution in [2.24, 2.45) is 0 Å². The van der Waals surface area contributed by atoms with E-state index in [0.29, 0.717) is 19.4 Å². The van der Waals surface area contributed by atoms with Crippen molar-refractivity contribution in [1.82, 2.24) is 9.80 Å². The van der Waals surface area contributed by atoms with Crippen LogP contribution in [-0.2, 0) is 16.0 Å². The molecule has 2 rings (SSSR count). The minimum Gasteiger partial charge on any atom is -0.444 e. The highest BCUT2D eigenvalue weighted by Crippen LogP contribution is 2.25. The normalized spacial score (nSPS) is 19.2. The van der Waals surface area contributed by atoms with Gasteiger partial charge in [-0.15, -0.1) is 0 Å². The third-order valence-electron chi connectivity index (χ3n) is 5.15. The van der Waals surface area contributed by atoms with Gasteiger partial charge in [0.1, 0.15) is 11.6 Å². The molecule has 1 aromatic carbocycles. The summed E-state index contributed by atoms with van der Waals surface area (Å²) in [4.78, 5) is 29.3. The molecule has 1 aliphatic heterocycles. The van der Waals surface area contributed by atoms with Gasteiger partial charge in [-0.2, -0.15) is 0 Å². The van der Waals surface area contributed by atoms with Crippen molar-refractivity contribution in [2.75, 3.05) is 13.6 Å². The molecule has 1 aliphatic rings. The van der Waals surface area contributed by atoms with E-state index in [1.165, 1.54) is 4.90 Å². The molecule has 156 valence electrons. The summed E-state index contributed by atoms with van der Waals surface area (Å²) < 4.78 is 5.49. The summed E-state index contributed by atoms with van der Waals surface area (Å²) in [6, 6.07) is 8.79. The topological polar surface area (TPSA) is 70.1 Å². The van der Waals surface area contributed by atoms with Crippen LogP contribution in [0.3, 0.4) is 0 Å². The summed E-state index contributed by atoms with van der Waals surface area (Å²) in [5.74, 6) is -0.132. The second-order valence-electron chi connectivity index (χ2n) is 8.51. The lowest BCUT2D eigenvalue weighted by molar-refractivity contribution is -0.139. The summed E-state index contributed by atoms with van der Waals surface area (Å²) in [6.07, 6.45) is 1.58. The van der Waals surface area contributed by atoms with Gasteiger partial charge in [-0.05, 0) is 45.6 Å². The zero-order chi connectivity index (χ0) is 20.9. The number of carbonyl (C=O) groups is 2. The molecule has 1 unspecified atom stereocenters. The molecule has 0 aliphatic carbocycles. The lowest BCUT2D eigenvalue weighted by Crippen LogP contribution is -2.54. The molecular formula is C22H34N2O4. The van der Waals surface area contributed by atoms with Gasteiger partial charge in [0.2, 0.25) is 5.91 Å². The van der Waals surface area contributed by atoms with Crippen molar-refractivity contribution in [3.63, 3.8) is 0 Å². The minimum absolute atomic E-state index is 0.132. The first kappa shape index (κ1) is 22.2. The molecule has 0 aromatic heterocycles. The molecule has 1 fully saturated rings. The molecule has 6 heteroatoms. The highest BCUT2D eigenvalue weighted by molar-refractivity contribution is 5.86. The highest BCUT2D eigenvalue weighted by atomic mass is 16.6. The van der Waals surface area contributed by atoms with Crippen LogP contribution in [0.4, 0.5) is 4.79 Å². The van der Waals surface area contributed by atoms with E-state index in [-0.39, 0.29) is 11.9 Å². The minimum atomic E-state index is -0.679. The van der Waals surface area contributed by atoms with Crippen LogP contribution in [0.1, 0.15) is 52.5 Å². The first-order chi connectivity index (χ1) is 13.1. The van der Waals surface area contributed by atoms with Crippen molar-refractivity contribution >= 4 is 12.0 Å². The second-order valence-corrected chi connectivity index (χ2v) is 8.51. The molecule has 1 aromatic rings. The Balaban J connectivity index is 2.26. The Labute approximate surface area is 168 Å². The summed E-state index contributed by atoms with van der Waals surface area (Å²) in [5.41, 5.74) is 0.336. The van der Waals surface area contributed by atoms with Gasteiger partial charge in [-0.25, -0.2) is 4.79 Å². The predicted molar refractivity (Wildman–Crippen MR) is 109 cm³/mol. The SMILES string of the molecule is CCC(O)[C@@H]1CCCN1C(=O)[C@H](Cc1ccccc1)N(C)C(=O)OC(C)(C)C. The van der Waals surface area contributed by atoms with Gasteiger partial charge < -0.3 is 14.7 Å². The molecule has 0 radical (unpaired) electrons. The number of aliphatic hydroxyl groups is 1. The van der Waals surface area contributed by atoms with Crippen LogP contribution in [0.15, 0.2) is 30.3 Å². The Morgan fingerprint density at radius 2 is 1.93 bits per heavy atom. The summed E-state index contributed by atoms with van der Waals surface area (Å²) in [5, 5.41) is 10.4. The maximum Gasteiger partial charge on any atom is 0.410 e. The fourth-order valence-corrected chi connectivity index (χ4v) is 3.62. The van der Waals surface area contributed by atoms with Gasteiger partial charge in [-0.3, -0.25) is 9.69 Å². The smallest absolute Gasteiger partial charge is 0.410 e. The van der Waals surface area contributed by atoms with Crippen molar-refractivity contribution in [2.45, 2.75) is 77.2 Å². The van der Waals surface area contributed by atoms with E-state index in [4.69, 9.17) is 4.74 Å². The van der Waals surface area contributed by atoms with E-state index in [1.54, 1.807) is 32.7 Å².